The van der Waals surface area contributed by atoms with Crippen molar-refractivity contribution in [2.45, 2.75) is 37.9 Å². The predicted octanol–water partition coefficient (Wildman–Crippen LogP) is 4.46. The zero-order chi connectivity index (χ0) is 20.8. The first kappa shape index (κ1) is 19.5. The van der Waals surface area contributed by atoms with Gasteiger partial charge in [-0.1, -0.05) is 12.1 Å². The van der Waals surface area contributed by atoms with Crippen LogP contribution in [0.4, 0.5) is 17.6 Å². The average molecular weight is 403 g/mol. The highest BCUT2D eigenvalue weighted by Gasteiger charge is 2.34. The normalized spacial score (nSPS) is 16.7. The van der Waals surface area contributed by atoms with Gasteiger partial charge in [-0.3, -0.25) is 4.79 Å². The molecule has 0 saturated heterocycles. The summed E-state index contributed by atoms with van der Waals surface area (Å²) in [6.45, 7) is 0. The SMILES string of the molecule is CN(C(=O)Cc1ccc(F)c(C(F)(F)F)c1)[C@@H]1CCc2[c]c3ccccn3c2C1. The highest BCUT2D eigenvalue weighted by atomic mass is 19.4. The van der Waals surface area contributed by atoms with Gasteiger partial charge in [0.05, 0.1) is 17.5 Å². The summed E-state index contributed by atoms with van der Waals surface area (Å²) < 4.78 is 54.3. The Morgan fingerprint density at radius 1 is 1.28 bits per heavy atom. The van der Waals surface area contributed by atoms with Crippen LogP contribution in [-0.2, 0) is 30.2 Å². The highest BCUT2D eigenvalue weighted by Crippen LogP contribution is 2.32. The number of alkyl halides is 3. The fourth-order valence-corrected chi connectivity index (χ4v) is 3.95. The van der Waals surface area contributed by atoms with Crippen molar-refractivity contribution in [1.82, 2.24) is 9.30 Å². The number of nitrogens with zero attached hydrogens (tertiary/aromatic N) is 2. The molecular formula is C22H19F4N2O. The van der Waals surface area contributed by atoms with Crippen LogP contribution in [0.2, 0.25) is 0 Å². The lowest BCUT2D eigenvalue weighted by atomic mass is 9.92. The molecule has 1 aliphatic carbocycles. The molecule has 3 aromatic rings. The number of amides is 1. The molecule has 4 rings (SSSR count). The minimum absolute atomic E-state index is 0.0516. The summed E-state index contributed by atoms with van der Waals surface area (Å²) in [5.41, 5.74) is 2.04. The predicted molar refractivity (Wildman–Crippen MR) is 99.9 cm³/mol. The largest absolute Gasteiger partial charge is 0.419 e. The quantitative estimate of drug-likeness (QED) is 0.593. The number of rotatable bonds is 3. The van der Waals surface area contributed by atoms with E-state index in [0.29, 0.717) is 6.42 Å². The Balaban J connectivity index is 1.50. The van der Waals surface area contributed by atoms with Gasteiger partial charge in [0.1, 0.15) is 5.82 Å². The van der Waals surface area contributed by atoms with Crippen molar-refractivity contribution in [3.05, 3.63) is 76.9 Å². The summed E-state index contributed by atoms with van der Waals surface area (Å²) in [5, 5.41) is 0. The van der Waals surface area contributed by atoms with Crippen LogP contribution in [0.5, 0.6) is 0 Å². The summed E-state index contributed by atoms with van der Waals surface area (Å²) in [6.07, 6.45) is -0.824. The Morgan fingerprint density at radius 2 is 2.07 bits per heavy atom. The zero-order valence-electron chi connectivity index (χ0n) is 15.8. The molecule has 29 heavy (non-hydrogen) atoms. The number of aromatic nitrogens is 1. The smallest absolute Gasteiger partial charge is 0.342 e. The van der Waals surface area contributed by atoms with Crippen LogP contribution < -0.4 is 0 Å². The molecular weight excluding hydrogens is 384 g/mol. The summed E-state index contributed by atoms with van der Waals surface area (Å²) in [5.74, 6) is -1.62. The van der Waals surface area contributed by atoms with E-state index in [2.05, 4.69) is 10.5 Å². The number of fused-ring (bicyclic) bond motifs is 3. The van der Waals surface area contributed by atoms with Crippen molar-refractivity contribution in [2.75, 3.05) is 7.05 Å². The maximum absolute atomic E-state index is 13.5. The van der Waals surface area contributed by atoms with Gasteiger partial charge in [-0.25, -0.2) is 4.39 Å². The maximum Gasteiger partial charge on any atom is 0.419 e. The van der Waals surface area contributed by atoms with Crippen molar-refractivity contribution in [3.63, 3.8) is 0 Å². The van der Waals surface area contributed by atoms with Crippen LogP contribution in [-0.4, -0.2) is 28.3 Å². The molecule has 2 aromatic heterocycles. The fourth-order valence-electron chi connectivity index (χ4n) is 3.95. The van der Waals surface area contributed by atoms with Crippen molar-refractivity contribution in [1.29, 1.82) is 0 Å². The van der Waals surface area contributed by atoms with Crippen LogP contribution in [0.1, 0.15) is 28.8 Å². The van der Waals surface area contributed by atoms with Gasteiger partial charge in [-0.2, -0.15) is 13.2 Å². The van der Waals surface area contributed by atoms with E-state index >= 15 is 0 Å². The standard InChI is InChI=1S/C22H19F4N2O/c1-27(21(29)11-14-5-8-19(23)18(10-14)22(24,25)26)16-7-6-15-12-17-4-2-3-9-28(17)20(15)13-16/h2-5,8-10,16H,6-7,11,13H2,1H3/t16-/m1/s1. The van der Waals surface area contributed by atoms with Gasteiger partial charge >= 0.3 is 6.18 Å². The van der Waals surface area contributed by atoms with E-state index in [4.69, 9.17) is 0 Å². The van der Waals surface area contributed by atoms with Gasteiger partial charge in [0.2, 0.25) is 5.91 Å². The molecule has 1 aliphatic rings. The average Bonchev–Trinajstić information content (AvgIpc) is 3.05. The third-order valence-corrected chi connectivity index (χ3v) is 5.57. The first-order valence-corrected chi connectivity index (χ1v) is 9.35. The zero-order valence-corrected chi connectivity index (χ0v) is 15.8. The summed E-state index contributed by atoms with van der Waals surface area (Å²) in [4.78, 5) is 14.3. The molecule has 7 heteroatoms. The first-order chi connectivity index (χ1) is 13.7. The van der Waals surface area contributed by atoms with E-state index in [-0.39, 0.29) is 23.9 Å². The van der Waals surface area contributed by atoms with Crippen molar-refractivity contribution in [3.8, 4) is 0 Å². The van der Waals surface area contributed by atoms with E-state index < -0.39 is 17.6 Å². The molecule has 3 nitrogen and oxygen atoms in total. The Bertz CT molecular complexity index is 1070. The molecule has 0 fully saturated rings. The number of hydrogen-bond donors (Lipinski definition) is 0. The second-order valence-electron chi connectivity index (χ2n) is 7.40. The van der Waals surface area contributed by atoms with Gasteiger partial charge in [-0.15, -0.1) is 0 Å². The molecule has 1 radical (unpaired) electrons. The topological polar surface area (TPSA) is 24.7 Å². The lowest BCUT2D eigenvalue weighted by Gasteiger charge is -2.31. The number of aryl methyl sites for hydroxylation is 1. The molecule has 151 valence electrons. The molecule has 0 saturated carbocycles. The van der Waals surface area contributed by atoms with Crippen molar-refractivity contribution in [2.24, 2.45) is 0 Å². The highest BCUT2D eigenvalue weighted by molar-refractivity contribution is 5.79. The number of likely N-dealkylation sites (N-methyl/N-ethyl adjacent to an activating group) is 1. The molecule has 0 bridgehead atoms. The minimum Gasteiger partial charge on any atom is -0.342 e. The van der Waals surface area contributed by atoms with Crippen LogP contribution in [0.15, 0.2) is 42.6 Å². The van der Waals surface area contributed by atoms with Gasteiger partial charge in [-0.05, 0) is 48.2 Å². The molecule has 0 unspecified atom stereocenters. The molecule has 0 spiro atoms. The number of hydrogen-bond acceptors (Lipinski definition) is 1. The first-order valence-electron chi connectivity index (χ1n) is 9.35. The number of carbonyl (C=O) groups is 1. The summed E-state index contributed by atoms with van der Waals surface area (Å²) >= 11 is 0. The van der Waals surface area contributed by atoms with Crippen LogP contribution in [0.3, 0.4) is 0 Å². The molecule has 0 N–H and O–H groups in total. The molecule has 2 heterocycles. The van der Waals surface area contributed by atoms with Crippen LogP contribution in [0, 0.1) is 11.9 Å². The second kappa shape index (κ2) is 7.21. The van der Waals surface area contributed by atoms with E-state index in [1.807, 2.05) is 24.4 Å². The van der Waals surface area contributed by atoms with Crippen LogP contribution in [0.25, 0.3) is 5.52 Å². The van der Waals surface area contributed by atoms with E-state index in [1.54, 1.807) is 11.9 Å². The number of halogens is 4. The Kier molecular flexibility index (Phi) is 4.84. The maximum atomic E-state index is 13.5. The molecule has 1 atom stereocenters. The van der Waals surface area contributed by atoms with Gasteiger partial charge < -0.3 is 9.30 Å². The minimum atomic E-state index is -4.79. The number of carbonyl (C=O) groups excluding carboxylic acids is 1. The van der Waals surface area contributed by atoms with E-state index in [1.165, 1.54) is 6.07 Å². The number of pyridine rings is 1. The van der Waals surface area contributed by atoms with Crippen LogP contribution >= 0.6 is 0 Å². The number of benzene rings is 1. The lowest BCUT2D eigenvalue weighted by Crippen LogP contribution is -2.41. The molecule has 0 aliphatic heterocycles. The summed E-state index contributed by atoms with van der Waals surface area (Å²) in [6, 6.07) is 11.9. The summed E-state index contributed by atoms with van der Waals surface area (Å²) in [7, 11) is 1.67. The Morgan fingerprint density at radius 3 is 2.83 bits per heavy atom. The van der Waals surface area contributed by atoms with Crippen molar-refractivity contribution < 1.29 is 22.4 Å². The lowest BCUT2D eigenvalue weighted by molar-refractivity contribution is -0.140. The fraction of sp³-hybridized carbons (Fsp3) is 0.318. The van der Waals surface area contributed by atoms with E-state index in [0.717, 1.165) is 41.7 Å². The Hall–Kier alpha value is -2.83. The van der Waals surface area contributed by atoms with Crippen molar-refractivity contribution >= 4 is 11.4 Å². The molecule has 1 aromatic carbocycles. The third kappa shape index (κ3) is 3.73. The van der Waals surface area contributed by atoms with E-state index in [9.17, 15) is 22.4 Å². The van der Waals surface area contributed by atoms with Gasteiger partial charge in [0.15, 0.2) is 0 Å². The monoisotopic (exact) mass is 403 g/mol. The van der Waals surface area contributed by atoms with Gasteiger partial charge in [0.25, 0.3) is 0 Å². The van der Waals surface area contributed by atoms with Gasteiger partial charge in [0, 0.05) is 37.5 Å². The second-order valence-corrected chi connectivity index (χ2v) is 7.40. The Labute approximate surface area is 165 Å². The third-order valence-electron chi connectivity index (χ3n) is 5.57. The molecule has 1 amide bonds.